The molecule has 88 valence electrons. The lowest BCUT2D eigenvalue weighted by Crippen LogP contribution is -2.36. The Morgan fingerprint density at radius 2 is 1.94 bits per heavy atom. The van der Waals surface area contributed by atoms with Crippen molar-refractivity contribution >= 4 is 0 Å². The fraction of sp³-hybridized carbons (Fsp3) is 0.571. The van der Waals surface area contributed by atoms with Crippen LogP contribution in [0.1, 0.15) is 38.4 Å². The van der Waals surface area contributed by atoms with Crippen molar-refractivity contribution in [1.29, 1.82) is 0 Å². The maximum Gasteiger partial charge on any atom is 0.0914 e. The van der Waals surface area contributed by atoms with Crippen LogP contribution in [0.5, 0.6) is 0 Å². The van der Waals surface area contributed by atoms with Crippen LogP contribution in [-0.2, 0) is 0 Å². The molecule has 2 rings (SSSR count). The van der Waals surface area contributed by atoms with Crippen molar-refractivity contribution in [1.82, 2.24) is 5.32 Å². The second-order valence-corrected chi connectivity index (χ2v) is 5.21. The Kier molecular flexibility index (Phi) is 3.31. The zero-order valence-corrected chi connectivity index (χ0v) is 10.1. The first-order valence-corrected chi connectivity index (χ1v) is 6.08. The zero-order chi connectivity index (χ0) is 11.6. The molecular formula is C14H21NO. The van der Waals surface area contributed by atoms with E-state index in [-0.39, 0.29) is 0 Å². The van der Waals surface area contributed by atoms with Gasteiger partial charge in [0, 0.05) is 12.6 Å². The molecule has 0 amide bonds. The van der Waals surface area contributed by atoms with Crippen LogP contribution in [0.2, 0.25) is 0 Å². The summed E-state index contributed by atoms with van der Waals surface area (Å²) >= 11 is 0. The van der Waals surface area contributed by atoms with Gasteiger partial charge in [0.05, 0.1) is 6.10 Å². The summed E-state index contributed by atoms with van der Waals surface area (Å²) in [6.45, 7) is 5.16. The second-order valence-electron chi connectivity index (χ2n) is 5.21. The normalized spacial score (nSPS) is 21.4. The average molecular weight is 219 g/mol. The van der Waals surface area contributed by atoms with Gasteiger partial charge in [0.1, 0.15) is 0 Å². The fourth-order valence-electron chi connectivity index (χ4n) is 1.96. The summed E-state index contributed by atoms with van der Waals surface area (Å²) in [7, 11) is 0. The minimum absolute atomic E-state index is 0.397. The molecule has 1 aromatic rings. The molecule has 0 aliphatic heterocycles. The van der Waals surface area contributed by atoms with E-state index in [2.05, 4.69) is 19.2 Å². The van der Waals surface area contributed by atoms with Gasteiger partial charge in [-0.2, -0.15) is 0 Å². The van der Waals surface area contributed by atoms with Crippen molar-refractivity contribution in [2.45, 2.75) is 38.8 Å². The molecule has 0 spiro atoms. The van der Waals surface area contributed by atoms with E-state index in [1.165, 1.54) is 12.8 Å². The third-order valence-electron chi connectivity index (χ3n) is 3.89. The van der Waals surface area contributed by atoms with Gasteiger partial charge in [-0.1, -0.05) is 37.3 Å². The third-order valence-corrected chi connectivity index (χ3v) is 3.89. The Hall–Kier alpha value is -0.860. The van der Waals surface area contributed by atoms with Crippen LogP contribution >= 0.6 is 0 Å². The summed E-state index contributed by atoms with van der Waals surface area (Å²) in [6, 6.07) is 10.3. The summed E-state index contributed by atoms with van der Waals surface area (Å²) < 4.78 is 0. The highest BCUT2D eigenvalue weighted by Gasteiger charge is 2.42. The highest BCUT2D eigenvalue weighted by atomic mass is 16.3. The SMILES string of the molecule is CC(NCC(O)c1ccccc1)C1(C)CC1. The Bertz CT molecular complexity index is 332. The number of nitrogens with one attached hydrogen (secondary N) is 1. The summed E-state index contributed by atoms with van der Waals surface area (Å²) in [5.74, 6) is 0. The van der Waals surface area contributed by atoms with E-state index < -0.39 is 6.10 Å². The van der Waals surface area contributed by atoms with Crippen molar-refractivity contribution in [3.63, 3.8) is 0 Å². The van der Waals surface area contributed by atoms with Crippen molar-refractivity contribution < 1.29 is 5.11 Å². The van der Waals surface area contributed by atoms with E-state index in [4.69, 9.17) is 0 Å². The molecule has 2 unspecified atom stereocenters. The van der Waals surface area contributed by atoms with Crippen LogP contribution in [-0.4, -0.2) is 17.7 Å². The fourth-order valence-corrected chi connectivity index (χ4v) is 1.96. The van der Waals surface area contributed by atoms with Crippen molar-refractivity contribution in [2.75, 3.05) is 6.54 Å². The van der Waals surface area contributed by atoms with Gasteiger partial charge >= 0.3 is 0 Å². The Balaban J connectivity index is 1.82. The second kappa shape index (κ2) is 4.56. The molecule has 0 saturated heterocycles. The maximum absolute atomic E-state index is 9.99. The van der Waals surface area contributed by atoms with Crippen molar-refractivity contribution in [2.24, 2.45) is 5.41 Å². The zero-order valence-electron chi connectivity index (χ0n) is 10.1. The van der Waals surface area contributed by atoms with Gasteiger partial charge in [-0.25, -0.2) is 0 Å². The number of aliphatic hydroxyl groups excluding tert-OH is 1. The molecule has 0 radical (unpaired) electrons. The van der Waals surface area contributed by atoms with Crippen LogP contribution in [0.25, 0.3) is 0 Å². The molecule has 2 atom stereocenters. The Labute approximate surface area is 97.7 Å². The number of hydrogen-bond acceptors (Lipinski definition) is 2. The number of hydrogen-bond donors (Lipinski definition) is 2. The van der Waals surface area contributed by atoms with Crippen LogP contribution in [0.15, 0.2) is 30.3 Å². The maximum atomic E-state index is 9.99. The number of rotatable bonds is 5. The topological polar surface area (TPSA) is 32.3 Å². The van der Waals surface area contributed by atoms with Gasteiger partial charge < -0.3 is 10.4 Å². The van der Waals surface area contributed by atoms with E-state index >= 15 is 0 Å². The van der Waals surface area contributed by atoms with Gasteiger partial charge in [-0.3, -0.25) is 0 Å². The van der Waals surface area contributed by atoms with Crippen LogP contribution in [0.3, 0.4) is 0 Å². The summed E-state index contributed by atoms with van der Waals surface area (Å²) in [6.07, 6.45) is 2.22. The standard InChI is InChI=1S/C14H21NO/c1-11(14(2)8-9-14)15-10-13(16)12-6-4-3-5-7-12/h3-7,11,13,15-16H,8-10H2,1-2H3. The number of benzene rings is 1. The molecule has 2 nitrogen and oxygen atoms in total. The molecule has 0 bridgehead atoms. The monoisotopic (exact) mass is 219 g/mol. The first-order chi connectivity index (χ1) is 7.62. The van der Waals surface area contributed by atoms with Gasteiger partial charge in [0.15, 0.2) is 0 Å². The predicted molar refractivity (Wildman–Crippen MR) is 66.2 cm³/mol. The third kappa shape index (κ3) is 2.63. The van der Waals surface area contributed by atoms with Gasteiger partial charge in [0.2, 0.25) is 0 Å². The smallest absolute Gasteiger partial charge is 0.0914 e. The number of aliphatic hydroxyl groups is 1. The summed E-state index contributed by atoms with van der Waals surface area (Å²) in [5.41, 5.74) is 1.46. The van der Waals surface area contributed by atoms with Gasteiger partial charge in [0.25, 0.3) is 0 Å². The Morgan fingerprint density at radius 1 is 1.31 bits per heavy atom. The van der Waals surface area contributed by atoms with E-state index in [0.717, 1.165) is 5.56 Å². The Morgan fingerprint density at radius 3 is 2.50 bits per heavy atom. The lowest BCUT2D eigenvalue weighted by molar-refractivity contribution is 0.165. The van der Waals surface area contributed by atoms with Crippen molar-refractivity contribution in [3.05, 3.63) is 35.9 Å². The quantitative estimate of drug-likeness (QED) is 0.797. The molecule has 0 heterocycles. The lowest BCUT2D eigenvalue weighted by atomic mass is 10.0. The van der Waals surface area contributed by atoms with Crippen LogP contribution in [0.4, 0.5) is 0 Å². The molecule has 0 aromatic heterocycles. The van der Waals surface area contributed by atoms with Crippen LogP contribution < -0.4 is 5.32 Å². The minimum atomic E-state index is -0.397. The molecule has 1 aliphatic carbocycles. The van der Waals surface area contributed by atoms with E-state index in [1.54, 1.807) is 0 Å². The molecule has 2 N–H and O–H groups in total. The van der Waals surface area contributed by atoms with Crippen molar-refractivity contribution in [3.8, 4) is 0 Å². The molecule has 1 saturated carbocycles. The largest absolute Gasteiger partial charge is 0.387 e. The van der Waals surface area contributed by atoms with E-state index in [9.17, 15) is 5.11 Å². The average Bonchev–Trinajstić information content (AvgIpc) is 3.06. The molecule has 2 heteroatoms. The van der Waals surface area contributed by atoms with Gasteiger partial charge in [-0.15, -0.1) is 0 Å². The molecule has 16 heavy (non-hydrogen) atoms. The highest BCUT2D eigenvalue weighted by molar-refractivity contribution is 5.17. The van der Waals surface area contributed by atoms with Crippen LogP contribution in [0, 0.1) is 5.41 Å². The molecule has 1 fully saturated rings. The first kappa shape index (κ1) is 11.6. The highest BCUT2D eigenvalue weighted by Crippen LogP contribution is 2.47. The first-order valence-electron chi connectivity index (χ1n) is 6.08. The summed E-state index contributed by atoms with van der Waals surface area (Å²) in [4.78, 5) is 0. The molecular weight excluding hydrogens is 198 g/mol. The van der Waals surface area contributed by atoms with E-state index in [1.807, 2.05) is 30.3 Å². The minimum Gasteiger partial charge on any atom is -0.387 e. The lowest BCUT2D eigenvalue weighted by Gasteiger charge is -2.22. The molecule has 1 aromatic carbocycles. The van der Waals surface area contributed by atoms with Gasteiger partial charge in [-0.05, 0) is 30.7 Å². The predicted octanol–water partition coefficient (Wildman–Crippen LogP) is 2.50. The van der Waals surface area contributed by atoms with E-state index in [0.29, 0.717) is 18.0 Å². The molecule has 1 aliphatic rings. The summed E-state index contributed by atoms with van der Waals surface area (Å²) in [5, 5.41) is 13.4.